The van der Waals surface area contributed by atoms with Gasteiger partial charge in [-0.3, -0.25) is 0 Å². The molecule has 0 aliphatic carbocycles. The number of methoxy groups -OCH3 is 5. The third kappa shape index (κ3) is 10.7. The molecule has 1 atom stereocenters. The Bertz CT molecular complexity index is 2130. The highest BCUT2D eigenvalue weighted by atomic mass is 32.1. The van der Waals surface area contributed by atoms with Crippen molar-refractivity contribution in [2.24, 2.45) is 5.16 Å². The van der Waals surface area contributed by atoms with Crippen LogP contribution in [0.2, 0.25) is 0 Å². The van der Waals surface area contributed by atoms with Gasteiger partial charge >= 0.3 is 0 Å². The fraction of sp³-hybridized carbons (Fsp3) is 0.447. The molecule has 1 fully saturated rings. The number of nitrogens with zero attached hydrogens (tertiary/aromatic N) is 4. The van der Waals surface area contributed by atoms with Crippen molar-refractivity contribution >= 4 is 27.3 Å². The third-order valence-electron chi connectivity index (χ3n) is 11.1. The van der Waals surface area contributed by atoms with Gasteiger partial charge < -0.3 is 47.8 Å². The van der Waals surface area contributed by atoms with Crippen LogP contribution in [-0.4, -0.2) is 109 Å². The van der Waals surface area contributed by atoms with Crippen LogP contribution in [0.4, 0.5) is 0 Å². The lowest BCUT2D eigenvalue weighted by atomic mass is 9.99. The Labute approximate surface area is 357 Å². The van der Waals surface area contributed by atoms with Gasteiger partial charge in [0.2, 0.25) is 5.75 Å². The Kier molecular flexibility index (Phi) is 15.2. The predicted molar refractivity (Wildman–Crippen MR) is 237 cm³/mol. The average Bonchev–Trinajstić information content (AvgIpc) is 3.97. The Balaban J connectivity index is 0.761. The van der Waals surface area contributed by atoms with Crippen molar-refractivity contribution in [1.82, 2.24) is 14.8 Å². The lowest BCUT2D eigenvalue weighted by Gasteiger charge is -2.34. The number of benzene rings is 4. The summed E-state index contributed by atoms with van der Waals surface area (Å²) in [5.74, 6) is 4.64. The molecule has 5 aromatic rings. The molecule has 60 heavy (non-hydrogen) atoms. The number of hydrogen-bond donors (Lipinski definition) is 0. The molecular weight excluding hydrogens is 781 g/mol. The third-order valence-corrected chi connectivity index (χ3v) is 12.2. The predicted octanol–water partition coefficient (Wildman–Crippen LogP) is 9.29. The van der Waals surface area contributed by atoms with Crippen LogP contribution >= 0.6 is 11.3 Å². The highest BCUT2D eigenvalue weighted by molar-refractivity contribution is 7.21. The van der Waals surface area contributed by atoms with Crippen LogP contribution in [0.3, 0.4) is 0 Å². The number of aromatic nitrogens is 1. The van der Waals surface area contributed by atoms with E-state index in [1.165, 1.54) is 11.1 Å². The first-order valence-corrected chi connectivity index (χ1v) is 21.8. The molecule has 4 aromatic carbocycles. The number of oxime groups is 1. The zero-order valence-electron chi connectivity index (χ0n) is 35.6. The quantitative estimate of drug-likeness (QED) is 0.0623. The van der Waals surface area contributed by atoms with Crippen LogP contribution in [0.15, 0.2) is 78.0 Å². The fourth-order valence-corrected chi connectivity index (χ4v) is 8.69. The molecule has 2 aliphatic rings. The van der Waals surface area contributed by atoms with Gasteiger partial charge in [-0.2, -0.15) is 0 Å². The molecule has 1 unspecified atom stereocenters. The smallest absolute Gasteiger partial charge is 0.203 e. The maximum atomic E-state index is 6.26. The molecule has 0 bridgehead atoms. The van der Waals surface area contributed by atoms with E-state index in [4.69, 9.17) is 43.0 Å². The molecule has 13 heteroatoms. The summed E-state index contributed by atoms with van der Waals surface area (Å²) in [6.45, 7) is 8.08. The molecule has 0 N–H and O–H groups in total. The van der Waals surface area contributed by atoms with E-state index in [0.29, 0.717) is 42.6 Å². The van der Waals surface area contributed by atoms with Crippen LogP contribution in [0.1, 0.15) is 62.2 Å². The minimum absolute atomic E-state index is 0.246. The Morgan fingerprint density at radius 1 is 0.600 bits per heavy atom. The van der Waals surface area contributed by atoms with E-state index >= 15 is 0 Å². The summed E-state index contributed by atoms with van der Waals surface area (Å²) in [6.07, 6.45) is 6.92. The van der Waals surface area contributed by atoms with Crippen molar-refractivity contribution in [1.29, 1.82) is 0 Å². The molecule has 3 heterocycles. The molecule has 0 radical (unpaired) electrons. The van der Waals surface area contributed by atoms with Gasteiger partial charge in [0.1, 0.15) is 5.01 Å². The topological polar surface area (TPSA) is 106 Å². The zero-order chi connectivity index (χ0) is 41.7. The summed E-state index contributed by atoms with van der Waals surface area (Å²) < 4.78 is 41.4. The molecular formula is C47H58N4O8S. The lowest BCUT2D eigenvalue weighted by Crippen LogP contribution is -2.46. The molecule has 1 aromatic heterocycles. The van der Waals surface area contributed by atoms with Gasteiger partial charge in [0.25, 0.3) is 0 Å². The van der Waals surface area contributed by atoms with Gasteiger partial charge in [0, 0.05) is 43.7 Å². The molecule has 0 spiro atoms. The number of hydrogen-bond acceptors (Lipinski definition) is 13. The number of thiazole rings is 1. The molecule has 0 amide bonds. The summed E-state index contributed by atoms with van der Waals surface area (Å²) in [4.78, 5) is 15.9. The van der Waals surface area contributed by atoms with Gasteiger partial charge in [-0.15, -0.1) is 11.3 Å². The van der Waals surface area contributed by atoms with E-state index in [1.807, 2.05) is 42.5 Å². The summed E-state index contributed by atoms with van der Waals surface area (Å²) in [6, 6.07) is 24.1. The molecule has 12 nitrogen and oxygen atoms in total. The number of ether oxygens (including phenoxy) is 7. The molecule has 1 saturated heterocycles. The normalized spacial score (nSPS) is 15.7. The average molecular weight is 839 g/mol. The largest absolute Gasteiger partial charge is 0.493 e. The van der Waals surface area contributed by atoms with Crippen LogP contribution < -0.4 is 33.2 Å². The van der Waals surface area contributed by atoms with Crippen LogP contribution in [0.25, 0.3) is 20.8 Å². The van der Waals surface area contributed by atoms with Crippen LogP contribution in [-0.2, 0) is 4.84 Å². The Morgan fingerprint density at radius 2 is 1.18 bits per heavy atom. The monoisotopic (exact) mass is 838 g/mol. The minimum atomic E-state index is -0.246. The highest BCUT2D eigenvalue weighted by Gasteiger charge is 2.27. The minimum Gasteiger partial charge on any atom is -0.493 e. The number of piperazine rings is 1. The number of rotatable bonds is 22. The van der Waals surface area contributed by atoms with E-state index in [0.717, 1.165) is 122 Å². The maximum Gasteiger partial charge on any atom is 0.203 e. The van der Waals surface area contributed by atoms with Crippen molar-refractivity contribution in [2.75, 3.05) is 88.0 Å². The summed E-state index contributed by atoms with van der Waals surface area (Å²) in [5, 5.41) is 5.40. The first kappa shape index (κ1) is 42.9. The summed E-state index contributed by atoms with van der Waals surface area (Å²) in [7, 11) is 8.15. The standard InChI is InChI=1S/C47H58N4O8S/c1-52-38-18-16-33(40-32-37(49-59-40)35-30-43(54-3)46(56-5)44(31-35)55-4)28-41(38)57-26-12-6-10-20-50-22-24-51(25-23-50)21-11-7-13-27-58-42-29-34(17-19-39(42)53-2)47-48-36-14-8-9-15-45(36)60-47/h8-9,14-19,28-31,40H,6-7,10-13,20-27,32H2,1-5H3. The van der Waals surface area contributed by atoms with Crippen LogP contribution in [0, 0.1) is 0 Å². The van der Waals surface area contributed by atoms with Crippen molar-refractivity contribution < 1.29 is 38.0 Å². The fourth-order valence-electron chi connectivity index (χ4n) is 7.73. The Morgan fingerprint density at radius 3 is 1.78 bits per heavy atom. The van der Waals surface area contributed by atoms with Gasteiger partial charge in [0.05, 0.1) is 64.7 Å². The van der Waals surface area contributed by atoms with E-state index in [2.05, 4.69) is 45.3 Å². The van der Waals surface area contributed by atoms with E-state index < -0.39 is 0 Å². The first-order chi connectivity index (χ1) is 29.5. The molecule has 2 aliphatic heterocycles. The second kappa shape index (κ2) is 21.3. The molecule has 0 saturated carbocycles. The van der Waals surface area contributed by atoms with Crippen LogP contribution in [0.5, 0.6) is 40.2 Å². The van der Waals surface area contributed by atoms with Crippen molar-refractivity contribution in [3.63, 3.8) is 0 Å². The second-order valence-corrected chi connectivity index (χ2v) is 16.0. The van der Waals surface area contributed by atoms with Crippen molar-refractivity contribution in [2.45, 2.75) is 51.0 Å². The van der Waals surface area contributed by atoms with Crippen molar-refractivity contribution in [3.8, 4) is 50.8 Å². The number of unbranched alkanes of at least 4 members (excludes halogenated alkanes) is 4. The second-order valence-electron chi connectivity index (χ2n) is 15.0. The molecule has 7 rings (SSSR count). The zero-order valence-corrected chi connectivity index (χ0v) is 36.4. The first-order valence-electron chi connectivity index (χ1n) is 21.0. The van der Waals surface area contributed by atoms with Gasteiger partial charge in [-0.05, 0) is 112 Å². The van der Waals surface area contributed by atoms with Gasteiger partial charge in [-0.1, -0.05) is 23.4 Å². The SMILES string of the molecule is COc1ccc(-c2nc3ccccc3s2)cc1OCCCCCN1CCN(CCCCCOc2cc(C3CC(c4cc(OC)c(OC)c(OC)c4)=NO3)ccc2OC)CC1. The molecule has 320 valence electrons. The highest BCUT2D eigenvalue weighted by Crippen LogP contribution is 2.41. The van der Waals surface area contributed by atoms with E-state index in [1.54, 1.807) is 46.9 Å². The van der Waals surface area contributed by atoms with E-state index in [9.17, 15) is 0 Å². The number of para-hydroxylation sites is 1. The number of fused-ring (bicyclic) bond motifs is 1. The Hall–Kier alpha value is -5.24. The summed E-state index contributed by atoms with van der Waals surface area (Å²) >= 11 is 1.70. The van der Waals surface area contributed by atoms with Crippen molar-refractivity contribution in [3.05, 3.63) is 83.9 Å². The van der Waals surface area contributed by atoms with E-state index in [-0.39, 0.29) is 6.10 Å². The summed E-state index contributed by atoms with van der Waals surface area (Å²) in [5.41, 5.74) is 4.71. The van der Waals surface area contributed by atoms with Gasteiger partial charge in [-0.25, -0.2) is 4.98 Å². The lowest BCUT2D eigenvalue weighted by molar-refractivity contribution is 0.0854. The maximum absolute atomic E-state index is 6.26. The van der Waals surface area contributed by atoms with Gasteiger partial charge in [0.15, 0.2) is 40.6 Å².